The van der Waals surface area contributed by atoms with Gasteiger partial charge in [0.1, 0.15) is 6.04 Å². The number of rotatable bonds is 14. The summed E-state index contributed by atoms with van der Waals surface area (Å²) in [5, 5.41) is 20.0. The molecule has 0 bridgehead atoms. The third kappa shape index (κ3) is 9.18. The van der Waals surface area contributed by atoms with E-state index in [9.17, 15) is 9.59 Å². The summed E-state index contributed by atoms with van der Waals surface area (Å²) in [5.41, 5.74) is 10.1. The summed E-state index contributed by atoms with van der Waals surface area (Å²) in [7, 11) is 4.08. The normalized spacial score (nSPS) is 17.0. The molecular weight excluding hydrogens is 582 g/mol. The zero-order chi connectivity index (χ0) is 32.3. The minimum absolute atomic E-state index is 0.0882. The van der Waals surface area contributed by atoms with E-state index < -0.39 is 6.04 Å². The van der Waals surface area contributed by atoms with Crippen LogP contribution in [0.25, 0.3) is 22.5 Å². The number of pyridine rings is 1. The Kier molecular flexibility index (Phi) is 11.4. The number of anilines is 1. The van der Waals surface area contributed by atoms with E-state index in [1.807, 2.05) is 50.5 Å². The zero-order valence-corrected chi connectivity index (χ0v) is 26.5. The van der Waals surface area contributed by atoms with E-state index in [1.54, 1.807) is 30.5 Å². The number of amides is 2. The lowest BCUT2D eigenvalue weighted by Gasteiger charge is -2.28. The van der Waals surface area contributed by atoms with Crippen molar-refractivity contribution in [3.8, 4) is 28.4 Å². The van der Waals surface area contributed by atoms with Crippen LogP contribution in [-0.2, 0) is 16.0 Å². The van der Waals surface area contributed by atoms with Crippen LogP contribution in [0.4, 0.5) is 5.69 Å². The molecule has 2 heterocycles. The fourth-order valence-electron chi connectivity index (χ4n) is 5.64. The summed E-state index contributed by atoms with van der Waals surface area (Å²) in [6.45, 7) is 2.22. The number of carbonyl (C=O) groups is 2. The fourth-order valence-corrected chi connectivity index (χ4v) is 5.64. The van der Waals surface area contributed by atoms with E-state index in [-0.39, 0.29) is 17.7 Å². The van der Waals surface area contributed by atoms with E-state index in [1.165, 1.54) is 0 Å². The highest BCUT2D eigenvalue weighted by molar-refractivity contribution is 5.97. The van der Waals surface area contributed by atoms with E-state index in [0.717, 1.165) is 60.9 Å². The Morgan fingerprint density at radius 3 is 2.33 bits per heavy atom. The van der Waals surface area contributed by atoms with Gasteiger partial charge in [-0.2, -0.15) is 5.21 Å². The monoisotopic (exact) mass is 625 g/mol. The molecule has 2 aromatic carbocycles. The van der Waals surface area contributed by atoms with Crippen molar-refractivity contribution in [1.82, 2.24) is 35.8 Å². The number of benzene rings is 2. The SMILES string of the molecule is CN(C)CCCOc1ccc(-c2ccc(C[C@H](NC(=O)C3CCC(CN)CC3)C(=O)Nc3ccc(-c4nn[nH]n4)cc3)cc2)cn1. The highest BCUT2D eigenvalue weighted by Crippen LogP contribution is 2.28. The first-order valence-electron chi connectivity index (χ1n) is 15.9. The van der Waals surface area contributed by atoms with E-state index in [0.29, 0.717) is 42.9 Å². The molecule has 0 saturated heterocycles. The van der Waals surface area contributed by atoms with Crippen molar-refractivity contribution < 1.29 is 14.3 Å². The maximum absolute atomic E-state index is 13.6. The lowest BCUT2D eigenvalue weighted by Crippen LogP contribution is -2.48. The third-order valence-corrected chi connectivity index (χ3v) is 8.40. The number of tetrazole rings is 1. The van der Waals surface area contributed by atoms with Crippen LogP contribution >= 0.6 is 0 Å². The maximum atomic E-state index is 13.6. The van der Waals surface area contributed by atoms with Gasteiger partial charge in [0.15, 0.2) is 0 Å². The van der Waals surface area contributed by atoms with Gasteiger partial charge in [-0.25, -0.2) is 4.98 Å². The standard InChI is InChI=1S/C34H43N9O3/c1-43(2)18-3-19-46-31-17-14-28(22-36-31)25-8-4-23(5-9-25)20-30(38-33(44)27-10-6-24(21-35)7-11-27)34(45)37-29-15-12-26(13-16-29)32-39-41-42-40-32/h4-5,8-9,12-17,22,24,27,30H,3,6-7,10-11,18-21,35H2,1-2H3,(H,37,45)(H,38,44)(H,39,40,41,42)/t24?,27?,30-/m0/s1. The molecule has 0 aliphatic heterocycles. The summed E-state index contributed by atoms with van der Waals surface area (Å²) in [4.78, 5) is 33.5. The highest BCUT2D eigenvalue weighted by Gasteiger charge is 2.29. The fraction of sp³-hybridized carbons (Fsp3) is 0.412. The van der Waals surface area contributed by atoms with E-state index in [2.05, 4.69) is 41.1 Å². The number of ether oxygens (including phenoxy) is 1. The molecule has 5 N–H and O–H groups in total. The Labute approximate surface area is 269 Å². The molecule has 242 valence electrons. The largest absolute Gasteiger partial charge is 0.478 e. The topological polar surface area (TPSA) is 164 Å². The first-order chi connectivity index (χ1) is 22.4. The van der Waals surface area contributed by atoms with Gasteiger partial charge in [0.05, 0.1) is 6.61 Å². The van der Waals surface area contributed by atoms with Gasteiger partial charge in [0, 0.05) is 48.0 Å². The molecule has 2 aromatic heterocycles. The minimum atomic E-state index is -0.756. The molecule has 0 unspecified atom stereocenters. The summed E-state index contributed by atoms with van der Waals surface area (Å²) >= 11 is 0. The first kappa shape index (κ1) is 32.7. The van der Waals surface area contributed by atoms with Gasteiger partial charge in [-0.3, -0.25) is 9.59 Å². The van der Waals surface area contributed by atoms with Crippen LogP contribution in [-0.4, -0.2) is 82.2 Å². The second kappa shape index (κ2) is 16.1. The van der Waals surface area contributed by atoms with Crippen LogP contribution < -0.4 is 21.1 Å². The Morgan fingerprint density at radius 2 is 1.70 bits per heavy atom. The number of nitrogens with two attached hydrogens (primary N) is 1. The number of nitrogens with zero attached hydrogens (tertiary/aromatic N) is 5. The second-order valence-corrected chi connectivity index (χ2v) is 12.1. The lowest BCUT2D eigenvalue weighted by atomic mass is 9.81. The molecule has 1 fully saturated rings. The molecule has 4 aromatic rings. The molecule has 1 atom stereocenters. The van der Waals surface area contributed by atoms with Crippen molar-refractivity contribution in [2.45, 2.75) is 44.6 Å². The van der Waals surface area contributed by atoms with Crippen molar-refractivity contribution >= 4 is 17.5 Å². The third-order valence-electron chi connectivity index (χ3n) is 8.40. The quantitative estimate of drug-likeness (QED) is 0.153. The van der Waals surface area contributed by atoms with Gasteiger partial charge in [0.25, 0.3) is 0 Å². The summed E-state index contributed by atoms with van der Waals surface area (Å²) in [6, 6.07) is 18.3. The molecule has 0 radical (unpaired) electrons. The lowest BCUT2D eigenvalue weighted by molar-refractivity contribution is -0.130. The number of aromatic amines is 1. The van der Waals surface area contributed by atoms with Crippen LogP contribution in [0.15, 0.2) is 66.9 Å². The Morgan fingerprint density at radius 1 is 0.978 bits per heavy atom. The van der Waals surface area contributed by atoms with Gasteiger partial charge in [-0.1, -0.05) is 24.3 Å². The van der Waals surface area contributed by atoms with Gasteiger partial charge in [-0.15, -0.1) is 10.2 Å². The Hall–Kier alpha value is -4.68. The van der Waals surface area contributed by atoms with Crippen LogP contribution in [0, 0.1) is 11.8 Å². The number of hydrogen-bond acceptors (Lipinski definition) is 9. The maximum Gasteiger partial charge on any atom is 0.247 e. The van der Waals surface area contributed by atoms with E-state index >= 15 is 0 Å². The number of nitrogens with one attached hydrogen (secondary N) is 3. The summed E-state index contributed by atoms with van der Waals surface area (Å²) in [5.74, 6) is 1.03. The van der Waals surface area contributed by atoms with Gasteiger partial charge in [0.2, 0.25) is 23.5 Å². The molecule has 12 nitrogen and oxygen atoms in total. The van der Waals surface area contributed by atoms with Crippen LogP contribution in [0.1, 0.15) is 37.7 Å². The van der Waals surface area contributed by atoms with Gasteiger partial charge >= 0.3 is 0 Å². The Balaban J connectivity index is 1.24. The molecule has 12 heteroatoms. The summed E-state index contributed by atoms with van der Waals surface area (Å²) in [6.07, 6.45) is 6.49. The van der Waals surface area contributed by atoms with Crippen LogP contribution in [0.2, 0.25) is 0 Å². The zero-order valence-electron chi connectivity index (χ0n) is 26.5. The molecule has 2 amide bonds. The van der Waals surface area contributed by atoms with Crippen molar-refractivity contribution in [3.63, 3.8) is 0 Å². The number of H-pyrrole nitrogens is 1. The molecular formula is C34H43N9O3. The molecule has 46 heavy (non-hydrogen) atoms. The Bertz CT molecular complexity index is 1520. The molecule has 1 saturated carbocycles. The molecule has 1 aliphatic carbocycles. The van der Waals surface area contributed by atoms with Crippen LogP contribution in [0.5, 0.6) is 5.88 Å². The molecule has 5 rings (SSSR count). The second-order valence-electron chi connectivity index (χ2n) is 12.1. The molecule has 1 aliphatic rings. The average Bonchev–Trinajstić information content (AvgIpc) is 3.63. The van der Waals surface area contributed by atoms with Crippen molar-refractivity contribution in [3.05, 3.63) is 72.4 Å². The van der Waals surface area contributed by atoms with Gasteiger partial charge < -0.3 is 26.0 Å². The van der Waals surface area contributed by atoms with Crippen molar-refractivity contribution in [1.29, 1.82) is 0 Å². The smallest absolute Gasteiger partial charge is 0.247 e. The summed E-state index contributed by atoms with van der Waals surface area (Å²) < 4.78 is 5.76. The number of hydrogen-bond donors (Lipinski definition) is 4. The number of carbonyl (C=O) groups excluding carboxylic acids is 2. The first-order valence-corrected chi connectivity index (χ1v) is 15.9. The van der Waals surface area contributed by atoms with Gasteiger partial charge in [-0.05, 0) is 105 Å². The van der Waals surface area contributed by atoms with E-state index in [4.69, 9.17) is 10.5 Å². The van der Waals surface area contributed by atoms with Crippen molar-refractivity contribution in [2.24, 2.45) is 17.6 Å². The van der Waals surface area contributed by atoms with Crippen molar-refractivity contribution in [2.75, 3.05) is 39.1 Å². The highest BCUT2D eigenvalue weighted by atomic mass is 16.5. The average molecular weight is 626 g/mol. The molecule has 0 spiro atoms. The predicted octanol–water partition coefficient (Wildman–Crippen LogP) is 3.69. The minimum Gasteiger partial charge on any atom is -0.478 e. The number of aromatic nitrogens is 5. The predicted molar refractivity (Wildman–Crippen MR) is 177 cm³/mol. The van der Waals surface area contributed by atoms with Crippen LogP contribution in [0.3, 0.4) is 0 Å².